The van der Waals surface area contributed by atoms with Gasteiger partial charge in [-0.1, -0.05) is 63.4 Å². The van der Waals surface area contributed by atoms with Crippen LogP contribution in [0.4, 0.5) is 4.79 Å². The first-order valence-corrected chi connectivity index (χ1v) is 11.7. The van der Waals surface area contributed by atoms with Crippen LogP contribution >= 0.6 is 0 Å². The van der Waals surface area contributed by atoms with Crippen molar-refractivity contribution in [3.8, 4) is 0 Å². The molecule has 1 atom stereocenters. The summed E-state index contributed by atoms with van der Waals surface area (Å²) in [5.41, 5.74) is 6.40. The lowest BCUT2D eigenvalue weighted by molar-refractivity contribution is -0.136. The van der Waals surface area contributed by atoms with Crippen LogP contribution in [0.25, 0.3) is 0 Å². The van der Waals surface area contributed by atoms with Crippen LogP contribution in [-0.4, -0.2) is 55.0 Å². The lowest BCUT2D eigenvalue weighted by Crippen LogP contribution is -2.50. The predicted molar refractivity (Wildman–Crippen MR) is 126 cm³/mol. The zero-order valence-corrected chi connectivity index (χ0v) is 19.6. The number of ether oxygens (including phenoxy) is 1. The van der Waals surface area contributed by atoms with E-state index in [9.17, 15) is 14.4 Å². The topological polar surface area (TPSA) is 114 Å². The van der Waals surface area contributed by atoms with Gasteiger partial charge in [0, 0.05) is 26.1 Å². The number of amides is 3. The summed E-state index contributed by atoms with van der Waals surface area (Å²) in [6, 6.07) is 8.89. The molecule has 0 radical (unpaired) electrons. The van der Waals surface area contributed by atoms with Crippen molar-refractivity contribution in [2.75, 3.05) is 26.2 Å². The Morgan fingerprint density at radius 1 is 1.03 bits per heavy atom. The van der Waals surface area contributed by atoms with Gasteiger partial charge in [0.15, 0.2) is 0 Å². The third-order valence-electron chi connectivity index (χ3n) is 5.01. The Kier molecular flexibility index (Phi) is 14.6. The Labute approximate surface area is 192 Å². The van der Waals surface area contributed by atoms with Gasteiger partial charge in [-0.25, -0.2) is 4.79 Å². The molecule has 1 unspecified atom stereocenters. The van der Waals surface area contributed by atoms with Gasteiger partial charge in [-0.2, -0.15) is 0 Å². The SMILES string of the molecule is CCCCCC(NC(=O)CCCN)C(=O)N(CCC)CCNC(=O)OCc1ccccc1. The van der Waals surface area contributed by atoms with E-state index < -0.39 is 12.1 Å². The van der Waals surface area contributed by atoms with E-state index in [0.717, 1.165) is 31.2 Å². The van der Waals surface area contributed by atoms with Gasteiger partial charge in [-0.3, -0.25) is 9.59 Å². The van der Waals surface area contributed by atoms with Crippen LogP contribution in [0.3, 0.4) is 0 Å². The van der Waals surface area contributed by atoms with Crippen LogP contribution in [0.5, 0.6) is 0 Å². The minimum atomic E-state index is -0.552. The number of hydrogen-bond acceptors (Lipinski definition) is 5. The second-order valence-electron chi connectivity index (χ2n) is 7.82. The highest BCUT2D eigenvalue weighted by atomic mass is 16.5. The molecular formula is C24H40N4O4. The molecule has 0 aliphatic rings. The van der Waals surface area contributed by atoms with Gasteiger partial charge in [-0.15, -0.1) is 0 Å². The van der Waals surface area contributed by atoms with Gasteiger partial charge >= 0.3 is 6.09 Å². The lowest BCUT2D eigenvalue weighted by atomic mass is 10.1. The Morgan fingerprint density at radius 3 is 2.44 bits per heavy atom. The van der Waals surface area contributed by atoms with Crippen LogP contribution in [0.15, 0.2) is 30.3 Å². The molecule has 0 aliphatic carbocycles. The van der Waals surface area contributed by atoms with Gasteiger partial charge in [0.2, 0.25) is 11.8 Å². The number of carbonyl (C=O) groups excluding carboxylic acids is 3. The van der Waals surface area contributed by atoms with Crippen LogP contribution in [0.1, 0.15) is 64.4 Å². The Bertz CT molecular complexity index is 669. The molecule has 4 N–H and O–H groups in total. The third-order valence-corrected chi connectivity index (χ3v) is 5.01. The Hall–Kier alpha value is -2.61. The molecule has 8 heteroatoms. The Morgan fingerprint density at radius 2 is 1.78 bits per heavy atom. The van der Waals surface area contributed by atoms with E-state index in [2.05, 4.69) is 17.6 Å². The maximum Gasteiger partial charge on any atom is 0.407 e. The van der Waals surface area contributed by atoms with Crippen molar-refractivity contribution >= 4 is 17.9 Å². The van der Waals surface area contributed by atoms with E-state index in [1.165, 1.54) is 0 Å². The molecule has 0 saturated heterocycles. The maximum atomic E-state index is 13.2. The molecule has 1 aromatic rings. The molecular weight excluding hydrogens is 408 g/mol. The van der Waals surface area contributed by atoms with E-state index in [4.69, 9.17) is 10.5 Å². The number of rotatable bonds is 16. The first-order chi connectivity index (χ1) is 15.5. The molecule has 0 aromatic heterocycles. The second kappa shape index (κ2) is 17.0. The average Bonchev–Trinajstić information content (AvgIpc) is 2.80. The highest BCUT2D eigenvalue weighted by molar-refractivity contribution is 5.87. The smallest absolute Gasteiger partial charge is 0.407 e. The summed E-state index contributed by atoms with van der Waals surface area (Å²) in [6.45, 7) is 5.92. The zero-order chi connectivity index (χ0) is 23.6. The van der Waals surface area contributed by atoms with E-state index in [1.807, 2.05) is 37.3 Å². The number of alkyl carbamates (subject to hydrolysis) is 1. The number of carbonyl (C=O) groups is 3. The molecule has 0 spiro atoms. The monoisotopic (exact) mass is 448 g/mol. The summed E-state index contributed by atoms with van der Waals surface area (Å²) in [4.78, 5) is 39.1. The molecule has 0 saturated carbocycles. The number of nitrogens with one attached hydrogen (secondary N) is 2. The number of unbranched alkanes of at least 4 members (excludes halogenated alkanes) is 2. The molecule has 0 bridgehead atoms. The van der Waals surface area contributed by atoms with Gasteiger partial charge in [0.05, 0.1) is 0 Å². The van der Waals surface area contributed by atoms with Crippen molar-refractivity contribution in [1.82, 2.24) is 15.5 Å². The first kappa shape index (κ1) is 27.4. The highest BCUT2D eigenvalue weighted by Crippen LogP contribution is 2.08. The quantitative estimate of drug-likeness (QED) is 0.337. The summed E-state index contributed by atoms with van der Waals surface area (Å²) in [5.74, 6) is -0.257. The standard InChI is InChI=1S/C24H40N4O4/c1-3-5-7-13-21(27-22(29)14-10-15-25)23(30)28(17-4-2)18-16-26-24(31)32-19-20-11-8-6-9-12-20/h6,8-9,11-12,21H,3-5,7,10,13-19,25H2,1-2H3,(H,26,31)(H,27,29). The predicted octanol–water partition coefficient (Wildman–Crippen LogP) is 2.96. The third kappa shape index (κ3) is 11.7. The molecule has 0 aliphatic heterocycles. The van der Waals surface area contributed by atoms with Gasteiger partial charge < -0.3 is 26.0 Å². The summed E-state index contributed by atoms with van der Waals surface area (Å²) in [5, 5.41) is 5.59. The fourth-order valence-corrected chi connectivity index (χ4v) is 3.27. The largest absolute Gasteiger partial charge is 0.445 e. The van der Waals surface area contributed by atoms with Crippen LogP contribution in [0, 0.1) is 0 Å². The summed E-state index contributed by atoms with van der Waals surface area (Å²) >= 11 is 0. The van der Waals surface area contributed by atoms with Crippen LogP contribution < -0.4 is 16.4 Å². The van der Waals surface area contributed by atoms with Gasteiger partial charge in [-0.05, 0) is 31.4 Å². The van der Waals surface area contributed by atoms with Crippen molar-refractivity contribution < 1.29 is 19.1 Å². The van der Waals surface area contributed by atoms with Crippen molar-refractivity contribution in [1.29, 1.82) is 0 Å². The Balaban J connectivity index is 2.57. The molecule has 180 valence electrons. The molecule has 0 fully saturated rings. The fourth-order valence-electron chi connectivity index (χ4n) is 3.27. The van der Waals surface area contributed by atoms with Crippen molar-refractivity contribution in [2.45, 2.75) is 71.4 Å². The highest BCUT2D eigenvalue weighted by Gasteiger charge is 2.25. The van der Waals surface area contributed by atoms with Crippen molar-refractivity contribution in [2.24, 2.45) is 5.73 Å². The minimum absolute atomic E-state index is 0.108. The number of hydrogen-bond donors (Lipinski definition) is 3. The lowest BCUT2D eigenvalue weighted by Gasteiger charge is -2.28. The van der Waals surface area contributed by atoms with Gasteiger partial charge in [0.25, 0.3) is 0 Å². The molecule has 8 nitrogen and oxygen atoms in total. The van der Waals surface area contributed by atoms with Crippen molar-refractivity contribution in [3.05, 3.63) is 35.9 Å². The van der Waals surface area contributed by atoms with Crippen LogP contribution in [0.2, 0.25) is 0 Å². The van der Waals surface area contributed by atoms with Gasteiger partial charge in [0.1, 0.15) is 12.6 Å². The number of nitrogens with two attached hydrogens (primary N) is 1. The summed E-state index contributed by atoms with van der Waals surface area (Å²) in [7, 11) is 0. The number of nitrogens with zero attached hydrogens (tertiary/aromatic N) is 1. The first-order valence-electron chi connectivity index (χ1n) is 11.7. The molecule has 3 amide bonds. The minimum Gasteiger partial charge on any atom is -0.445 e. The molecule has 1 rings (SSSR count). The fraction of sp³-hybridized carbons (Fsp3) is 0.625. The van der Waals surface area contributed by atoms with E-state index >= 15 is 0 Å². The van der Waals surface area contributed by atoms with E-state index in [-0.39, 0.29) is 25.0 Å². The molecule has 32 heavy (non-hydrogen) atoms. The second-order valence-corrected chi connectivity index (χ2v) is 7.82. The van der Waals surface area contributed by atoms with E-state index in [0.29, 0.717) is 38.9 Å². The molecule has 0 heterocycles. The number of benzene rings is 1. The average molecular weight is 449 g/mol. The summed E-state index contributed by atoms with van der Waals surface area (Å²) < 4.78 is 5.21. The maximum absolute atomic E-state index is 13.2. The van der Waals surface area contributed by atoms with E-state index in [1.54, 1.807) is 4.90 Å². The van der Waals surface area contributed by atoms with Crippen molar-refractivity contribution in [3.63, 3.8) is 0 Å². The van der Waals surface area contributed by atoms with Crippen LogP contribution in [-0.2, 0) is 20.9 Å². The summed E-state index contributed by atoms with van der Waals surface area (Å²) in [6.07, 6.45) is 4.69. The molecule has 1 aromatic carbocycles. The zero-order valence-electron chi connectivity index (χ0n) is 19.6. The normalized spacial score (nSPS) is 11.5.